The van der Waals surface area contributed by atoms with Gasteiger partial charge in [0.05, 0.1) is 19.8 Å². The van der Waals surface area contributed by atoms with Crippen molar-refractivity contribution < 1.29 is 14.6 Å². The van der Waals surface area contributed by atoms with Gasteiger partial charge in [-0.3, -0.25) is 9.78 Å². The van der Waals surface area contributed by atoms with E-state index in [4.69, 9.17) is 14.6 Å². The molecule has 0 amide bonds. The lowest BCUT2D eigenvalue weighted by molar-refractivity contribution is -0.0897. The van der Waals surface area contributed by atoms with Gasteiger partial charge in [0.25, 0.3) is 5.56 Å². The van der Waals surface area contributed by atoms with Gasteiger partial charge >= 0.3 is 5.69 Å². The molecule has 0 saturated carbocycles. The van der Waals surface area contributed by atoms with E-state index in [1.807, 2.05) is 0 Å². The first-order valence-electron chi connectivity index (χ1n) is 5.16. The number of rotatable bonds is 3. The van der Waals surface area contributed by atoms with Gasteiger partial charge in [-0.1, -0.05) is 0 Å². The summed E-state index contributed by atoms with van der Waals surface area (Å²) in [4.78, 5) is 24.7. The zero-order valence-corrected chi connectivity index (χ0v) is 9.25. The lowest BCUT2D eigenvalue weighted by Gasteiger charge is -2.10. The average molecular weight is 243 g/mol. The second kappa shape index (κ2) is 4.78. The van der Waals surface area contributed by atoms with Crippen molar-refractivity contribution in [1.29, 1.82) is 0 Å². The molecule has 1 aliphatic heterocycles. The van der Waals surface area contributed by atoms with E-state index >= 15 is 0 Å². The van der Waals surface area contributed by atoms with Gasteiger partial charge in [-0.05, 0) is 6.92 Å². The number of nitrogens with one attached hydrogen (secondary N) is 1. The van der Waals surface area contributed by atoms with E-state index in [1.54, 1.807) is 0 Å². The Kier molecular flexibility index (Phi) is 3.36. The van der Waals surface area contributed by atoms with Crippen LogP contribution in [-0.4, -0.2) is 45.5 Å². The SMILES string of the molecule is Cc1nn(C[C@@H]2CO[C@H](CO)O2)c(=O)[nH]c1=O. The van der Waals surface area contributed by atoms with Gasteiger partial charge in [0, 0.05) is 0 Å². The zero-order chi connectivity index (χ0) is 12.4. The highest BCUT2D eigenvalue weighted by atomic mass is 16.7. The van der Waals surface area contributed by atoms with E-state index < -0.39 is 17.5 Å². The van der Waals surface area contributed by atoms with Gasteiger partial charge in [0.1, 0.15) is 11.8 Å². The summed E-state index contributed by atoms with van der Waals surface area (Å²) in [5.74, 6) is 0. The lowest BCUT2D eigenvalue weighted by atomic mass is 10.4. The Hall–Kier alpha value is -1.51. The Labute approximate surface area is 95.8 Å². The molecule has 0 aromatic carbocycles. The highest BCUT2D eigenvalue weighted by Gasteiger charge is 2.26. The number of aryl methyl sites for hydroxylation is 1. The number of aliphatic hydroxyl groups is 1. The first-order valence-corrected chi connectivity index (χ1v) is 5.16. The zero-order valence-electron chi connectivity index (χ0n) is 9.25. The van der Waals surface area contributed by atoms with E-state index in [0.29, 0.717) is 0 Å². The van der Waals surface area contributed by atoms with Gasteiger partial charge < -0.3 is 14.6 Å². The number of H-pyrrole nitrogens is 1. The number of aromatic nitrogens is 3. The monoisotopic (exact) mass is 243 g/mol. The van der Waals surface area contributed by atoms with Crippen LogP contribution in [0.2, 0.25) is 0 Å². The van der Waals surface area contributed by atoms with Crippen molar-refractivity contribution in [1.82, 2.24) is 14.8 Å². The fourth-order valence-electron chi connectivity index (χ4n) is 1.54. The summed E-state index contributed by atoms with van der Waals surface area (Å²) < 4.78 is 11.5. The second-order valence-electron chi connectivity index (χ2n) is 3.73. The van der Waals surface area contributed by atoms with E-state index in [0.717, 1.165) is 4.68 Å². The Bertz CT molecular complexity index is 508. The van der Waals surface area contributed by atoms with Gasteiger partial charge in [-0.25, -0.2) is 9.48 Å². The van der Waals surface area contributed by atoms with Crippen LogP contribution in [0, 0.1) is 6.92 Å². The summed E-state index contributed by atoms with van der Waals surface area (Å²) in [5.41, 5.74) is -0.873. The first-order chi connectivity index (χ1) is 8.10. The van der Waals surface area contributed by atoms with E-state index in [9.17, 15) is 9.59 Å². The molecule has 2 heterocycles. The van der Waals surface area contributed by atoms with Crippen molar-refractivity contribution >= 4 is 0 Å². The fourth-order valence-corrected chi connectivity index (χ4v) is 1.54. The van der Waals surface area contributed by atoms with Crippen LogP contribution in [0.3, 0.4) is 0 Å². The van der Waals surface area contributed by atoms with Crippen LogP contribution in [0.1, 0.15) is 5.69 Å². The molecule has 0 unspecified atom stereocenters. The number of hydrogen-bond acceptors (Lipinski definition) is 6. The maximum absolute atomic E-state index is 11.4. The molecule has 1 fully saturated rings. The molecule has 1 aromatic heterocycles. The number of ether oxygens (including phenoxy) is 2. The molecule has 2 N–H and O–H groups in total. The molecule has 0 radical (unpaired) electrons. The highest BCUT2D eigenvalue weighted by Crippen LogP contribution is 2.11. The molecule has 17 heavy (non-hydrogen) atoms. The molecule has 8 nitrogen and oxygen atoms in total. The average Bonchev–Trinajstić information content (AvgIpc) is 2.73. The van der Waals surface area contributed by atoms with Crippen LogP contribution in [0.15, 0.2) is 9.59 Å². The minimum atomic E-state index is -0.653. The first kappa shape index (κ1) is 12.0. The topological polar surface area (TPSA) is 106 Å². The third kappa shape index (κ3) is 2.60. The minimum absolute atomic E-state index is 0.174. The smallest absolute Gasteiger partial charge is 0.344 e. The molecular weight excluding hydrogens is 230 g/mol. The molecule has 0 spiro atoms. The van der Waals surface area contributed by atoms with E-state index in [2.05, 4.69) is 10.1 Å². The van der Waals surface area contributed by atoms with E-state index in [1.165, 1.54) is 6.92 Å². The maximum atomic E-state index is 11.4. The molecule has 8 heteroatoms. The Balaban J connectivity index is 2.12. The van der Waals surface area contributed by atoms with Gasteiger partial charge in [-0.15, -0.1) is 0 Å². The van der Waals surface area contributed by atoms with Gasteiger partial charge in [0.2, 0.25) is 0 Å². The maximum Gasteiger partial charge on any atom is 0.344 e. The Morgan fingerprint density at radius 3 is 3.00 bits per heavy atom. The van der Waals surface area contributed by atoms with Crippen LogP contribution in [-0.2, 0) is 16.0 Å². The number of hydrogen-bond donors (Lipinski definition) is 2. The molecule has 2 atom stereocenters. The highest BCUT2D eigenvalue weighted by molar-refractivity contribution is 4.88. The predicted octanol–water partition coefficient (Wildman–Crippen LogP) is -2.03. The van der Waals surface area contributed by atoms with Crippen LogP contribution in [0.4, 0.5) is 0 Å². The summed E-state index contributed by atoms with van der Waals surface area (Å²) in [6.07, 6.45) is -1.01. The summed E-state index contributed by atoms with van der Waals surface area (Å²) >= 11 is 0. The lowest BCUT2D eigenvalue weighted by Crippen LogP contribution is -2.37. The normalized spacial score (nSPS) is 24.1. The number of aromatic amines is 1. The van der Waals surface area contributed by atoms with E-state index in [-0.39, 0.29) is 31.6 Å². The van der Waals surface area contributed by atoms with Crippen molar-refractivity contribution in [2.45, 2.75) is 25.9 Å². The molecule has 94 valence electrons. The van der Waals surface area contributed by atoms with Crippen molar-refractivity contribution in [3.63, 3.8) is 0 Å². The Morgan fingerprint density at radius 2 is 2.35 bits per heavy atom. The predicted molar refractivity (Wildman–Crippen MR) is 55.6 cm³/mol. The van der Waals surface area contributed by atoms with Crippen molar-refractivity contribution in [3.05, 3.63) is 26.5 Å². The molecule has 0 aliphatic carbocycles. The van der Waals surface area contributed by atoms with Crippen molar-refractivity contribution in [2.24, 2.45) is 0 Å². The number of nitrogens with zero attached hydrogens (tertiary/aromatic N) is 2. The standard InChI is InChI=1S/C9H13N3O5/c1-5-8(14)10-9(15)12(11-5)2-6-4-16-7(3-13)17-6/h6-7,13H,2-4H2,1H3,(H,10,14,15)/t6-,7+/m1/s1. The fraction of sp³-hybridized carbons (Fsp3) is 0.667. The molecule has 1 saturated heterocycles. The Morgan fingerprint density at radius 1 is 1.59 bits per heavy atom. The van der Waals surface area contributed by atoms with Gasteiger partial charge in [0.15, 0.2) is 6.29 Å². The molecular formula is C9H13N3O5. The van der Waals surface area contributed by atoms with Crippen molar-refractivity contribution in [3.8, 4) is 0 Å². The van der Waals surface area contributed by atoms with Crippen LogP contribution in [0.25, 0.3) is 0 Å². The quantitative estimate of drug-likeness (QED) is 0.634. The largest absolute Gasteiger partial charge is 0.391 e. The molecule has 2 rings (SSSR count). The van der Waals surface area contributed by atoms with Gasteiger partial charge in [-0.2, -0.15) is 5.10 Å². The molecule has 0 bridgehead atoms. The third-order valence-corrected chi connectivity index (χ3v) is 2.39. The second-order valence-corrected chi connectivity index (χ2v) is 3.73. The summed E-state index contributed by atoms with van der Waals surface area (Å²) in [6, 6.07) is 0. The van der Waals surface area contributed by atoms with Crippen LogP contribution in [0.5, 0.6) is 0 Å². The molecule has 1 aromatic rings. The summed E-state index contributed by atoms with van der Waals surface area (Å²) in [7, 11) is 0. The third-order valence-electron chi connectivity index (χ3n) is 2.39. The molecule has 1 aliphatic rings. The van der Waals surface area contributed by atoms with Crippen molar-refractivity contribution in [2.75, 3.05) is 13.2 Å². The summed E-state index contributed by atoms with van der Waals surface area (Å²) in [5, 5.41) is 12.7. The summed E-state index contributed by atoms with van der Waals surface area (Å²) in [6.45, 7) is 1.73. The minimum Gasteiger partial charge on any atom is -0.391 e. The number of aliphatic hydroxyl groups excluding tert-OH is 1. The van der Waals surface area contributed by atoms with Crippen LogP contribution < -0.4 is 11.2 Å². The van der Waals surface area contributed by atoms with Crippen LogP contribution >= 0.6 is 0 Å².